The number of aromatic hydroxyl groups is 1. The van der Waals surface area contributed by atoms with E-state index in [4.69, 9.17) is 0 Å². The lowest BCUT2D eigenvalue weighted by Gasteiger charge is -2.15. The lowest BCUT2D eigenvalue weighted by Crippen LogP contribution is -2.26. The molecule has 4 nitrogen and oxygen atoms in total. The normalized spacial score (nSPS) is 13.5. The number of nitrogens with one attached hydrogen (secondary N) is 1. The van der Waals surface area contributed by atoms with Gasteiger partial charge < -0.3 is 10.4 Å². The van der Waals surface area contributed by atoms with Crippen LogP contribution in [0.3, 0.4) is 0 Å². The Kier molecular flexibility index (Phi) is 5.16. The van der Waals surface area contributed by atoms with E-state index in [-0.39, 0.29) is 23.3 Å². The third kappa shape index (κ3) is 4.31. The Bertz CT molecular complexity index is 497. The van der Waals surface area contributed by atoms with Crippen LogP contribution in [-0.4, -0.2) is 31.6 Å². The van der Waals surface area contributed by atoms with Gasteiger partial charge in [-0.3, -0.25) is 0 Å². The summed E-state index contributed by atoms with van der Waals surface area (Å²) >= 11 is 0. The van der Waals surface area contributed by atoms with Gasteiger partial charge in [0, 0.05) is 23.9 Å². The molecule has 0 fully saturated rings. The zero-order chi connectivity index (χ0) is 13.8. The molecule has 5 heteroatoms. The first kappa shape index (κ1) is 15.0. The molecule has 0 aromatic heterocycles. The molecule has 0 heterocycles. The fourth-order valence-corrected chi connectivity index (χ4v) is 2.42. The first-order valence-electron chi connectivity index (χ1n) is 6.09. The van der Waals surface area contributed by atoms with E-state index >= 15 is 0 Å². The van der Waals surface area contributed by atoms with E-state index in [2.05, 4.69) is 5.32 Å². The molecule has 1 unspecified atom stereocenters. The molecule has 0 radical (unpaired) electrons. The molecular formula is C13H21NO3S. The zero-order valence-corrected chi connectivity index (χ0v) is 11.9. The number of phenolic OH excluding ortho intramolecular Hbond substituents is 1. The van der Waals surface area contributed by atoms with Gasteiger partial charge in [0.25, 0.3) is 0 Å². The average molecular weight is 271 g/mol. The summed E-state index contributed by atoms with van der Waals surface area (Å²) in [7, 11) is -2.94. The van der Waals surface area contributed by atoms with Gasteiger partial charge in [-0.15, -0.1) is 0 Å². The molecule has 0 saturated heterocycles. The molecule has 0 aliphatic carbocycles. The van der Waals surface area contributed by atoms with Crippen LogP contribution in [-0.2, 0) is 9.84 Å². The Labute approximate surface area is 109 Å². The molecule has 1 atom stereocenters. The summed E-state index contributed by atoms with van der Waals surface area (Å²) in [5.74, 6) is 0.535. The van der Waals surface area contributed by atoms with Crippen molar-refractivity contribution in [1.82, 2.24) is 5.32 Å². The van der Waals surface area contributed by atoms with Crippen molar-refractivity contribution >= 4 is 9.84 Å². The molecule has 0 aliphatic heterocycles. The molecule has 0 aliphatic rings. The maximum Gasteiger partial charge on any atom is 0.151 e. The summed E-state index contributed by atoms with van der Waals surface area (Å²) in [6.07, 6.45) is 0. The maximum absolute atomic E-state index is 11.3. The van der Waals surface area contributed by atoms with E-state index in [9.17, 15) is 13.5 Å². The molecule has 1 rings (SSSR count). The maximum atomic E-state index is 11.3. The topological polar surface area (TPSA) is 66.4 Å². The Morgan fingerprint density at radius 2 is 2.06 bits per heavy atom. The van der Waals surface area contributed by atoms with Crippen LogP contribution in [0.5, 0.6) is 5.75 Å². The fraction of sp³-hybridized carbons (Fsp3) is 0.538. The predicted molar refractivity (Wildman–Crippen MR) is 73.6 cm³/mol. The highest BCUT2D eigenvalue weighted by Crippen LogP contribution is 2.24. The molecule has 18 heavy (non-hydrogen) atoms. The second-order valence-corrected chi connectivity index (χ2v) is 6.95. The van der Waals surface area contributed by atoms with E-state index in [0.717, 1.165) is 11.1 Å². The van der Waals surface area contributed by atoms with Gasteiger partial charge in [0.2, 0.25) is 0 Å². The monoisotopic (exact) mass is 271 g/mol. The Hall–Kier alpha value is -1.07. The summed E-state index contributed by atoms with van der Waals surface area (Å²) in [6.45, 7) is 5.85. The molecule has 1 aromatic rings. The standard InChI is InChI=1S/C13H21NO3S/c1-4-18(16,17)8-7-14-11(3)12-6-5-10(2)9-13(12)15/h5-6,9,11,14-15H,4,7-8H2,1-3H3. The van der Waals surface area contributed by atoms with Gasteiger partial charge in [0.1, 0.15) is 5.75 Å². The van der Waals surface area contributed by atoms with Crippen LogP contribution in [0.4, 0.5) is 0 Å². The number of rotatable bonds is 6. The average Bonchev–Trinajstić information content (AvgIpc) is 2.28. The Balaban J connectivity index is 2.58. The predicted octanol–water partition coefficient (Wildman–Crippen LogP) is 1.79. The van der Waals surface area contributed by atoms with Gasteiger partial charge in [0.15, 0.2) is 9.84 Å². The first-order valence-corrected chi connectivity index (χ1v) is 7.91. The number of benzene rings is 1. The third-order valence-electron chi connectivity index (χ3n) is 2.96. The van der Waals surface area contributed by atoms with Crippen molar-refractivity contribution in [2.24, 2.45) is 0 Å². The smallest absolute Gasteiger partial charge is 0.151 e. The van der Waals surface area contributed by atoms with Crippen molar-refractivity contribution in [2.45, 2.75) is 26.8 Å². The number of sulfone groups is 1. The van der Waals surface area contributed by atoms with Crippen LogP contribution in [0.15, 0.2) is 18.2 Å². The molecule has 1 aromatic carbocycles. The molecule has 2 N–H and O–H groups in total. The molecular weight excluding hydrogens is 250 g/mol. The summed E-state index contributed by atoms with van der Waals surface area (Å²) in [5, 5.41) is 12.9. The highest BCUT2D eigenvalue weighted by molar-refractivity contribution is 7.91. The van der Waals surface area contributed by atoms with Crippen molar-refractivity contribution < 1.29 is 13.5 Å². The van der Waals surface area contributed by atoms with Gasteiger partial charge in [-0.2, -0.15) is 0 Å². The largest absolute Gasteiger partial charge is 0.508 e. The summed E-state index contributed by atoms with van der Waals surface area (Å²) in [6, 6.07) is 5.42. The SMILES string of the molecule is CCS(=O)(=O)CCNC(C)c1ccc(C)cc1O. The van der Waals surface area contributed by atoms with Crippen molar-refractivity contribution in [2.75, 3.05) is 18.1 Å². The summed E-state index contributed by atoms with van der Waals surface area (Å²) in [4.78, 5) is 0. The lowest BCUT2D eigenvalue weighted by molar-refractivity contribution is 0.454. The second-order valence-electron chi connectivity index (χ2n) is 4.47. The van der Waals surface area contributed by atoms with E-state index in [1.807, 2.05) is 26.0 Å². The highest BCUT2D eigenvalue weighted by atomic mass is 32.2. The van der Waals surface area contributed by atoms with Gasteiger partial charge >= 0.3 is 0 Å². The van der Waals surface area contributed by atoms with E-state index in [1.165, 1.54) is 0 Å². The van der Waals surface area contributed by atoms with Crippen molar-refractivity contribution in [1.29, 1.82) is 0 Å². The number of hydrogen-bond donors (Lipinski definition) is 2. The molecule has 0 saturated carbocycles. The van der Waals surface area contributed by atoms with Crippen LogP contribution in [0, 0.1) is 6.92 Å². The minimum absolute atomic E-state index is 0.0716. The molecule has 0 bridgehead atoms. The summed E-state index contributed by atoms with van der Waals surface area (Å²) < 4.78 is 22.7. The van der Waals surface area contributed by atoms with Crippen molar-refractivity contribution in [3.05, 3.63) is 29.3 Å². The van der Waals surface area contributed by atoms with Gasteiger partial charge in [-0.25, -0.2) is 8.42 Å². The van der Waals surface area contributed by atoms with E-state index in [1.54, 1.807) is 13.0 Å². The molecule has 0 amide bonds. The van der Waals surface area contributed by atoms with Crippen LogP contribution < -0.4 is 5.32 Å². The van der Waals surface area contributed by atoms with Gasteiger partial charge in [-0.05, 0) is 25.5 Å². The molecule has 102 valence electrons. The van der Waals surface area contributed by atoms with Crippen LogP contribution >= 0.6 is 0 Å². The number of aryl methyl sites for hydroxylation is 1. The number of phenols is 1. The quantitative estimate of drug-likeness (QED) is 0.828. The number of hydrogen-bond acceptors (Lipinski definition) is 4. The second kappa shape index (κ2) is 6.20. The van der Waals surface area contributed by atoms with E-state index in [0.29, 0.717) is 6.54 Å². The highest BCUT2D eigenvalue weighted by Gasteiger charge is 2.12. The van der Waals surface area contributed by atoms with E-state index < -0.39 is 9.84 Å². The summed E-state index contributed by atoms with van der Waals surface area (Å²) in [5.41, 5.74) is 1.78. The third-order valence-corrected chi connectivity index (χ3v) is 4.66. The van der Waals surface area contributed by atoms with Gasteiger partial charge in [0.05, 0.1) is 5.75 Å². The van der Waals surface area contributed by atoms with Crippen LogP contribution in [0.2, 0.25) is 0 Å². The van der Waals surface area contributed by atoms with Crippen molar-refractivity contribution in [3.63, 3.8) is 0 Å². The Morgan fingerprint density at radius 3 is 2.61 bits per heavy atom. The lowest BCUT2D eigenvalue weighted by atomic mass is 10.1. The Morgan fingerprint density at radius 1 is 1.39 bits per heavy atom. The van der Waals surface area contributed by atoms with Crippen LogP contribution in [0.1, 0.15) is 31.0 Å². The molecule has 0 spiro atoms. The first-order chi connectivity index (χ1) is 8.35. The van der Waals surface area contributed by atoms with Crippen LogP contribution in [0.25, 0.3) is 0 Å². The van der Waals surface area contributed by atoms with Crippen molar-refractivity contribution in [3.8, 4) is 5.75 Å². The minimum Gasteiger partial charge on any atom is -0.508 e. The fourth-order valence-electron chi connectivity index (χ4n) is 1.71. The minimum atomic E-state index is -2.94. The zero-order valence-electron chi connectivity index (χ0n) is 11.1. The van der Waals surface area contributed by atoms with Gasteiger partial charge in [-0.1, -0.05) is 19.1 Å².